The van der Waals surface area contributed by atoms with Crippen LogP contribution < -0.4 is 5.32 Å². The maximum atomic E-state index is 5.63. The van der Waals surface area contributed by atoms with Gasteiger partial charge < -0.3 is 19.4 Å². The average Bonchev–Trinajstić information content (AvgIpc) is 3.35. The first-order valence-electron chi connectivity index (χ1n) is 10.5. The molecule has 1 saturated heterocycles. The molecule has 1 aliphatic heterocycles. The van der Waals surface area contributed by atoms with Gasteiger partial charge in [-0.2, -0.15) is 0 Å². The fraction of sp³-hybridized carbons (Fsp3) is 0.762. The van der Waals surface area contributed by atoms with Crippen LogP contribution in [0.15, 0.2) is 27.8 Å². The largest absolute Gasteiger partial charge is 0.469 e. The van der Waals surface area contributed by atoms with Gasteiger partial charge in [-0.15, -0.1) is 24.0 Å². The summed E-state index contributed by atoms with van der Waals surface area (Å²) in [5, 5.41) is 3.59. The molecule has 3 rings (SSSR count). The maximum Gasteiger partial charge on any atom is 0.193 e. The third-order valence-corrected chi connectivity index (χ3v) is 5.60. The number of aliphatic imine (C=N–C) groups is 1. The molecule has 0 aromatic carbocycles. The molecular formula is C21H36IN3O2. The molecule has 2 aliphatic rings. The van der Waals surface area contributed by atoms with Crippen LogP contribution in [-0.4, -0.2) is 50.3 Å². The molecule has 2 heterocycles. The third kappa shape index (κ3) is 7.64. The van der Waals surface area contributed by atoms with E-state index < -0.39 is 0 Å². The molecule has 154 valence electrons. The Kier molecular flexibility index (Phi) is 10.6. The van der Waals surface area contributed by atoms with Gasteiger partial charge in [0, 0.05) is 45.1 Å². The van der Waals surface area contributed by atoms with Gasteiger partial charge in [0.25, 0.3) is 0 Å². The van der Waals surface area contributed by atoms with Gasteiger partial charge in [-0.3, -0.25) is 4.99 Å². The van der Waals surface area contributed by atoms with Crippen molar-refractivity contribution >= 4 is 29.9 Å². The van der Waals surface area contributed by atoms with Crippen LogP contribution in [0.5, 0.6) is 0 Å². The Bertz CT molecular complexity index is 530. The van der Waals surface area contributed by atoms with Gasteiger partial charge >= 0.3 is 0 Å². The lowest BCUT2D eigenvalue weighted by Gasteiger charge is -2.24. The number of guanidine groups is 1. The normalized spacial score (nSPS) is 21.3. The topological polar surface area (TPSA) is 50.0 Å². The molecular weight excluding hydrogens is 453 g/mol. The predicted octanol–water partition coefficient (Wildman–Crippen LogP) is 4.32. The number of nitrogens with zero attached hydrogens (tertiary/aromatic N) is 2. The Morgan fingerprint density at radius 2 is 2.11 bits per heavy atom. The Balaban J connectivity index is 0.00000261. The quantitative estimate of drug-likeness (QED) is 0.336. The fourth-order valence-electron chi connectivity index (χ4n) is 4.05. The molecule has 6 heteroatoms. The second kappa shape index (κ2) is 12.6. The molecule has 1 saturated carbocycles. The molecule has 0 spiro atoms. The van der Waals surface area contributed by atoms with E-state index in [-0.39, 0.29) is 24.0 Å². The highest BCUT2D eigenvalue weighted by molar-refractivity contribution is 14.0. The molecule has 1 aromatic rings. The number of ether oxygens (including phenoxy) is 1. The van der Waals surface area contributed by atoms with E-state index in [0.717, 1.165) is 63.5 Å². The molecule has 5 nitrogen and oxygen atoms in total. The summed E-state index contributed by atoms with van der Waals surface area (Å²) in [4.78, 5) is 7.45. The van der Waals surface area contributed by atoms with Crippen molar-refractivity contribution in [1.29, 1.82) is 0 Å². The SMILES string of the molecule is CCOCC1CCN(C(=NCC2CCCCC2)NCCc2ccco2)C1.I. The second-order valence-corrected chi connectivity index (χ2v) is 7.68. The molecule has 1 atom stereocenters. The van der Waals surface area contributed by atoms with E-state index in [4.69, 9.17) is 14.1 Å². The number of halogens is 1. The third-order valence-electron chi connectivity index (χ3n) is 5.60. The van der Waals surface area contributed by atoms with Gasteiger partial charge in [-0.05, 0) is 44.2 Å². The van der Waals surface area contributed by atoms with Crippen molar-refractivity contribution in [2.75, 3.05) is 39.4 Å². The molecule has 0 radical (unpaired) electrons. The Morgan fingerprint density at radius 3 is 2.85 bits per heavy atom. The Labute approximate surface area is 181 Å². The van der Waals surface area contributed by atoms with Crippen molar-refractivity contribution in [3.8, 4) is 0 Å². The molecule has 2 fully saturated rings. The maximum absolute atomic E-state index is 5.63. The average molecular weight is 489 g/mol. The van der Waals surface area contributed by atoms with Crippen LogP contribution in [0.2, 0.25) is 0 Å². The van der Waals surface area contributed by atoms with Gasteiger partial charge in [-0.1, -0.05) is 19.3 Å². The van der Waals surface area contributed by atoms with Gasteiger partial charge in [0.2, 0.25) is 0 Å². The summed E-state index contributed by atoms with van der Waals surface area (Å²) in [6.45, 7) is 7.71. The van der Waals surface area contributed by atoms with Crippen molar-refractivity contribution < 1.29 is 9.15 Å². The minimum absolute atomic E-state index is 0. The highest BCUT2D eigenvalue weighted by Crippen LogP contribution is 2.24. The highest BCUT2D eigenvalue weighted by Gasteiger charge is 2.25. The Morgan fingerprint density at radius 1 is 1.26 bits per heavy atom. The minimum Gasteiger partial charge on any atom is -0.469 e. The van der Waals surface area contributed by atoms with E-state index in [1.807, 2.05) is 12.1 Å². The highest BCUT2D eigenvalue weighted by atomic mass is 127. The minimum atomic E-state index is 0. The van der Waals surface area contributed by atoms with Crippen molar-refractivity contribution in [1.82, 2.24) is 10.2 Å². The molecule has 1 aromatic heterocycles. The number of rotatable bonds is 8. The summed E-state index contributed by atoms with van der Waals surface area (Å²) in [5.41, 5.74) is 0. The first-order valence-corrected chi connectivity index (χ1v) is 10.5. The van der Waals surface area contributed by atoms with Gasteiger partial charge in [0.05, 0.1) is 12.9 Å². The second-order valence-electron chi connectivity index (χ2n) is 7.68. The van der Waals surface area contributed by atoms with E-state index in [1.165, 1.54) is 38.5 Å². The van der Waals surface area contributed by atoms with Crippen LogP contribution in [0.1, 0.15) is 51.2 Å². The molecule has 1 N–H and O–H groups in total. The van der Waals surface area contributed by atoms with E-state index in [2.05, 4.69) is 17.1 Å². The zero-order valence-electron chi connectivity index (χ0n) is 16.7. The molecule has 1 unspecified atom stereocenters. The zero-order valence-corrected chi connectivity index (χ0v) is 19.0. The van der Waals surface area contributed by atoms with Crippen LogP contribution in [0.3, 0.4) is 0 Å². The van der Waals surface area contributed by atoms with E-state index >= 15 is 0 Å². The Hall–Kier alpha value is -0.760. The fourth-order valence-corrected chi connectivity index (χ4v) is 4.05. The number of hydrogen-bond donors (Lipinski definition) is 1. The zero-order chi connectivity index (χ0) is 18.0. The van der Waals surface area contributed by atoms with E-state index in [1.54, 1.807) is 6.26 Å². The lowest BCUT2D eigenvalue weighted by atomic mass is 9.89. The van der Waals surface area contributed by atoms with Crippen LogP contribution in [0, 0.1) is 11.8 Å². The first-order chi connectivity index (χ1) is 12.8. The van der Waals surface area contributed by atoms with Crippen molar-refractivity contribution in [3.05, 3.63) is 24.2 Å². The smallest absolute Gasteiger partial charge is 0.193 e. The summed E-state index contributed by atoms with van der Waals surface area (Å²) in [5.74, 6) is 3.51. The number of furan rings is 1. The monoisotopic (exact) mass is 489 g/mol. The lowest BCUT2D eigenvalue weighted by molar-refractivity contribution is 0.114. The summed E-state index contributed by atoms with van der Waals surface area (Å²) >= 11 is 0. The van der Waals surface area contributed by atoms with Gasteiger partial charge in [0.15, 0.2) is 5.96 Å². The summed E-state index contributed by atoms with van der Waals surface area (Å²) in [6, 6.07) is 3.99. The molecule has 1 aliphatic carbocycles. The number of hydrogen-bond acceptors (Lipinski definition) is 3. The van der Waals surface area contributed by atoms with Crippen LogP contribution in [-0.2, 0) is 11.2 Å². The van der Waals surface area contributed by atoms with Crippen molar-refractivity contribution in [2.24, 2.45) is 16.8 Å². The molecule has 27 heavy (non-hydrogen) atoms. The lowest BCUT2D eigenvalue weighted by Crippen LogP contribution is -2.41. The summed E-state index contributed by atoms with van der Waals surface area (Å²) < 4.78 is 11.1. The number of likely N-dealkylation sites (tertiary alicyclic amines) is 1. The van der Waals surface area contributed by atoms with Crippen LogP contribution in [0.25, 0.3) is 0 Å². The van der Waals surface area contributed by atoms with Crippen LogP contribution >= 0.6 is 24.0 Å². The molecule has 0 bridgehead atoms. The predicted molar refractivity (Wildman–Crippen MR) is 121 cm³/mol. The van der Waals surface area contributed by atoms with E-state index in [9.17, 15) is 0 Å². The molecule has 0 amide bonds. The van der Waals surface area contributed by atoms with Gasteiger partial charge in [-0.25, -0.2) is 0 Å². The number of nitrogens with one attached hydrogen (secondary N) is 1. The van der Waals surface area contributed by atoms with Crippen molar-refractivity contribution in [2.45, 2.75) is 51.9 Å². The van der Waals surface area contributed by atoms with Crippen LogP contribution in [0.4, 0.5) is 0 Å². The van der Waals surface area contributed by atoms with Crippen molar-refractivity contribution in [3.63, 3.8) is 0 Å². The summed E-state index contributed by atoms with van der Waals surface area (Å²) in [6.07, 6.45) is 10.7. The van der Waals surface area contributed by atoms with E-state index in [0.29, 0.717) is 5.92 Å². The first kappa shape index (κ1) is 22.5. The summed E-state index contributed by atoms with van der Waals surface area (Å²) in [7, 11) is 0. The van der Waals surface area contributed by atoms with Gasteiger partial charge in [0.1, 0.15) is 5.76 Å². The standard InChI is InChI=1S/C21H35N3O2.HI/c1-2-25-17-19-11-13-24(16-19)21(22-12-10-20-9-6-14-26-20)23-15-18-7-4-3-5-8-18;/h6,9,14,18-19H,2-5,7-8,10-13,15-17H2,1H3,(H,22,23);1H.